The summed E-state index contributed by atoms with van der Waals surface area (Å²) in [6, 6.07) is 18.0. The third kappa shape index (κ3) is 5.21. The molecule has 0 radical (unpaired) electrons. The number of carbonyl (C=O) groups is 3. The van der Waals surface area contributed by atoms with E-state index >= 15 is 0 Å². The molecule has 31 heavy (non-hydrogen) atoms. The lowest BCUT2D eigenvalue weighted by Gasteiger charge is -2.11. The molecule has 0 spiro atoms. The van der Waals surface area contributed by atoms with Gasteiger partial charge in [0.25, 0.3) is 11.8 Å². The lowest BCUT2D eigenvalue weighted by molar-refractivity contribution is -0.123. The summed E-state index contributed by atoms with van der Waals surface area (Å²) in [5.41, 5.74) is 5.66. The van der Waals surface area contributed by atoms with Crippen molar-refractivity contribution >= 4 is 50.1 Å². The molecule has 3 N–H and O–H groups in total. The van der Waals surface area contributed by atoms with Crippen LogP contribution in [0.25, 0.3) is 10.8 Å². The monoisotopic (exact) mass is 481 g/mol. The molecule has 0 aliphatic heterocycles. The molecule has 1 aliphatic rings. The van der Waals surface area contributed by atoms with Crippen molar-refractivity contribution in [2.24, 2.45) is 5.92 Å². The van der Waals surface area contributed by atoms with Crippen LogP contribution in [0.3, 0.4) is 0 Å². The van der Waals surface area contributed by atoms with Gasteiger partial charge in [0, 0.05) is 17.2 Å². The number of benzene rings is 3. The van der Waals surface area contributed by atoms with Gasteiger partial charge in [0.05, 0.1) is 4.47 Å². The number of halogens is 1. The van der Waals surface area contributed by atoms with Gasteiger partial charge < -0.3 is 10.1 Å². The fourth-order valence-corrected chi connectivity index (χ4v) is 3.61. The molecule has 8 heteroatoms. The summed E-state index contributed by atoms with van der Waals surface area (Å²) >= 11 is 3.50. The van der Waals surface area contributed by atoms with Gasteiger partial charge >= 0.3 is 0 Å². The Labute approximate surface area is 187 Å². The van der Waals surface area contributed by atoms with Crippen LogP contribution in [0.15, 0.2) is 65.1 Å². The van der Waals surface area contributed by atoms with Crippen LogP contribution in [0.5, 0.6) is 5.75 Å². The number of ether oxygens (including phenoxy) is 1. The normalized spacial score (nSPS) is 12.8. The largest absolute Gasteiger partial charge is 0.483 e. The molecule has 1 aliphatic carbocycles. The van der Waals surface area contributed by atoms with E-state index in [9.17, 15) is 14.4 Å². The Bertz CT molecular complexity index is 1140. The Morgan fingerprint density at radius 3 is 2.42 bits per heavy atom. The first kappa shape index (κ1) is 20.9. The molecular formula is C23H20BrN3O4. The molecule has 3 aromatic rings. The molecular weight excluding hydrogens is 462 g/mol. The van der Waals surface area contributed by atoms with Gasteiger partial charge in [0.15, 0.2) is 6.61 Å². The number of anilines is 1. The maximum Gasteiger partial charge on any atom is 0.276 e. The number of carbonyl (C=O) groups excluding carboxylic acids is 3. The molecule has 1 fully saturated rings. The first-order chi connectivity index (χ1) is 15.0. The van der Waals surface area contributed by atoms with E-state index in [1.807, 2.05) is 30.3 Å². The van der Waals surface area contributed by atoms with Crippen molar-refractivity contribution in [2.45, 2.75) is 12.8 Å². The summed E-state index contributed by atoms with van der Waals surface area (Å²) < 4.78 is 6.33. The lowest BCUT2D eigenvalue weighted by Crippen LogP contribution is -2.43. The van der Waals surface area contributed by atoms with Crippen molar-refractivity contribution in [1.29, 1.82) is 0 Å². The Kier molecular flexibility index (Phi) is 6.18. The summed E-state index contributed by atoms with van der Waals surface area (Å²) in [5.74, 6) is -0.329. The Balaban J connectivity index is 1.26. The number of hydrogen-bond acceptors (Lipinski definition) is 4. The SMILES string of the molecule is O=C(COc1ccc2ccccc2c1Br)NNC(=O)c1ccc(NC(=O)C2CC2)cc1. The highest BCUT2D eigenvalue weighted by Crippen LogP contribution is 2.33. The smallest absolute Gasteiger partial charge is 0.276 e. The molecule has 0 bridgehead atoms. The molecule has 0 saturated heterocycles. The second-order valence-electron chi connectivity index (χ2n) is 7.23. The minimum Gasteiger partial charge on any atom is -0.483 e. The summed E-state index contributed by atoms with van der Waals surface area (Å²) in [5, 5.41) is 4.84. The molecule has 3 aromatic carbocycles. The van der Waals surface area contributed by atoms with Gasteiger partial charge in [-0.05, 0) is 69.9 Å². The van der Waals surface area contributed by atoms with Crippen molar-refractivity contribution in [3.05, 3.63) is 70.7 Å². The molecule has 0 heterocycles. The number of hydrazine groups is 1. The van der Waals surface area contributed by atoms with E-state index in [1.54, 1.807) is 30.3 Å². The molecule has 7 nitrogen and oxygen atoms in total. The lowest BCUT2D eigenvalue weighted by atomic mass is 10.1. The first-order valence-corrected chi connectivity index (χ1v) is 10.6. The number of hydrogen-bond donors (Lipinski definition) is 3. The Morgan fingerprint density at radius 2 is 1.68 bits per heavy atom. The van der Waals surface area contributed by atoms with Crippen molar-refractivity contribution in [2.75, 3.05) is 11.9 Å². The number of rotatable bonds is 6. The first-order valence-electron chi connectivity index (χ1n) is 9.81. The van der Waals surface area contributed by atoms with Crippen LogP contribution >= 0.6 is 15.9 Å². The highest BCUT2D eigenvalue weighted by Gasteiger charge is 2.29. The van der Waals surface area contributed by atoms with Gasteiger partial charge in [0.1, 0.15) is 5.75 Å². The predicted octanol–water partition coefficient (Wildman–Crippen LogP) is 3.79. The molecule has 158 valence electrons. The van der Waals surface area contributed by atoms with E-state index in [1.165, 1.54) is 0 Å². The van der Waals surface area contributed by atoms with Crippen molar-refractivity contribution < 1.29 is 19.1 Å². The van der Waals surface area contributed by atoms with Crippen LogP contribution in [-0.2, 0) is 9.59 Å². The zero-order valence-corrected chi connectivity index (χ0v) is 18.1. The topological polar surface area (TPSA) is 96.5 Å². The Hall–Kier alpha value is -3.39. The van der Waals surface area contributed by atoms with Gasteiger partial charge in [0.2, 0.25) is 5.91 Å². The molecule has 3 amide bonds. The molecule has 0 aromatic heterocycles. The average molecular weight is 482 g/mol. The third-order valence-corrected chi connectivity index (χ3v) is 5.68. The van der Waals surface area contributed by atoms with Crippen LogP contribution < -0.4 is 20.9 Å². The van der Waals surface area contributed by atoms with E-state index in [2.05, 4.69) is 32.1 Å². The Morgan fingerprint density at radius 1 is 0.935 bits per heavy atom. The van der Waals surface area contributed by atoms with E-state index in [0.717, 1.165) is 28.1 Å². The predicted molar refractivity (Wildman–Crippen MR) is 121 cm³/mol. The van der Waals surface area contributed by atoms with Gasteiger partial charge in [-0.15, -0.1) is 0 Å². The minimum atomic E-state index is -0.498. The number of fused-ring (bicyclic) bond motifs is 1. The average Bonchev–Trinajstić information content (AvgIpc) is 3.63. The van der Waals surface area contributed by atoms with Crippen LogP contribution in [0.1, 0.15) is 23.2 Å². The van der Waals surface area contributed by atoms with Crippen LogP contribution in [0, 0.1) is 5.92 Å². The summed E-state index contributed by atoms with van der Waals surface area (Å²) in [7, 11) is 0. The molecule has 4 rings (SSSR count). The van der Waals surface area contributed by atoms with Crippen molar-refractivity contribution in [3.63, 3.8) is 0 Å². The van der Waals surface area contributed by atoms with E-state index in [0.29, 0.717) is 17.0 Å². The fraction of sp³-hybridized carbons (Fsp3) is 0.174. The molecule has 0 unspecified atom stereocenters. The fourth-order valence-electron chi connectivity index (χ4n) is 3.00. The number of amides is 3. The quantitative estimate of drug-likeness (QED) is 0.466. The van der Waals surface area contributed by atoms with Gasteiger partial charge in [-0.3, -0.25) is 25.2 Å². The van der Waals surface area contributed by atoms with Gasteiger partial charge in [-0.2, -0.15) is 0 Å². The highest BCUT2D eigenvalue weighted by molar-refractivity contribution is 9.10. The minimum absolute atomic E-state index is 0.00233. The van der Waals surface area contributed by atoms with Gasteiger partial charge in [-0.25, -0.2) is 0 Å². The summed E-state index contributed by atoms with van der Waals surface area (Å²) in [6.07, 6.45) is 1.85. The summed E-state index contributed by atoms with van der Waals surface area (Å²) in [4.78, 5) is 36.0. The maximum atomic E-state index is 12.2. The van der Waals surface area contributed by atoms with Crippen LogP contribution in [0.2, 0.25) is 0 Å². The molecule has 0 atom stereocenters. The van der Waals surface area contributed by atoms with Crippen LogP contribution in [-0.4, -0.2) is 24.3 Å². The maximum absolute atomic E-state index is 12.2. The third-order valence-electron chi connectivity index (χ3n) is 4.86. The van der Waals surface area contributed by atoms with Crippen molar-refractivity contribution in [1.82, 2.24) is 10.9 Å². The van der Waals surface area contributed by atoms with E-state index < -0.39 is 11.8 Å². The van der Waals surface area contributed by atoms with E-state index in [-0.39, 0.29) is 18.4 Å². The molecule has 1 saturated carbocycles. The van der Waals surface area contributed by atoms with E-state index in [4.69, 9.17) is 4.74 Å². The van der Waals surface area contributed by atoms with Gasteiger partial charge in [-0.1, -0.05) is 30.3 Å². The standard InChI is InChI=1S/C23H20BrN3O4/c24-21-18-4-2-1-3-14(18)9-12-19(21)31-13-20(28)26-27-23(30)16-7-10-17(11-8-16)25-22(29)15-5-6-15/h1-4,7-12,15H,5-6,13H2,(H,25,29)(H,26,28)(H,27,30). The second-order valence-corrected chi connectivity index (χ2v) is 8.02. The van der Waals surface area contributed by atoms with Crippen LogP contribution in [0.4, 0.5) is 5.69 Å². The second kappa shape index (κ2) is 9.18. The zero-order chi connectivity index (χ0) is 21.8. The summed E-state index contributed by atoms with van der Waals surface area (Å²) in [6.45, 7) is -0.261. The highest BCUT2D eigenvalue weighted by atomic mass is 79.9. The number of nitrogens with one attached hydrogen (secondary N) is 3. The van der Waals surface area contributed by atoms with Crippen molar-refractivity contribution in [3.8, 4) is 5.75 Å². The zero-order valence-electron chi connectivity index (χ0n) is 16.5.